The molecule has 0 radical (unpaired) electrons. The summed E-state index contributed by atoms with van der Waals surface area (Å²) in [7, 11) is 0. The Kier molecular flexibility index (Phi) is 4.08. The van der Waals surface area contributed by atoms with Crippen molar-refractivity contribution in [2.24, 2.45) is 0 Å². The number of thioether (sulfide) groups is 1. The normalized spacial score (nSPS) is 22.3. The summed E-state index contributed by atoms with van der Waals surface area (Å²) in [6, 6.07) is 8.36. The molecule has 2 aromatic rings. The van der Waals surface area contributed by atoms with Crippen molar-refractivity contribution in [3.05, 3.63) is 41.5 Å². The van der Waals surface area contributed by atoms with Crippen molar-refractivity contribution >= 4 is 11.8 Å². The molecule has 0 saturated heterocycles. The summed E-state index contributed by atoms with van der Waals surface area (Å²) in [5.41, 5.74) is 1.25. The fraction of sp³-hybridized carbons (Fsp3) is 0.467. The Hall–Kier alpha value is -1.33. The maximum absolute atomic E-state index is 9.86. The highest BCUT2D eigenvalue weighted by Gasteiger charge is 2.31. The SMILES string of the molecule is Cc1cccc(SCc2noc(C3CCCC3O)n2)c1. The van der Waals surface area contributed by atoms with Crippen LogP contribution in [0.15, 0.2) is 33.7 Å². The van der Waals surface area contributed by atoms with Gasteiger partial charge in [-0.25, -0.2) is 0 Å². The average molecular weight is 290 g/mol. The molecule has 2 atom stereocenters. The largest absolute Gasteiger partial charge is 0.392 e. The third-order valence-electron chi connectivity index (χ3n) is 3.64. The van der Waals surface area contributed by atoms with Crippen LogP contribution in [0.5, 0.6) is 0 Å². The van der Waals surface area contributed by atoms with Gasteiger partial charge in [0.1, 0.15) is 0 Å². The molecule has 1 N–H and O–H groups in total. The van der Waals surface area contributed by atoms with Crippen molar-refractivity contribution in [1.82, 2.24) is 10.1 Å². The van der Waals surface area contributed by atoms with Gasteiger partial charge in [-0.05, 0) is 38.3 Å². The van der Waals surface area contributed by atoms with Crippen LogP contribution >= 0.6 is 11.8 Å². The van der Waals surface area contributed by atoms with E-state index in [-0.39, 0.29) is 12.0 Å². The van der Waals surface area contributed by atoms with Gasteiger partial charge >= 0.3 is 0 Å². The van der Waals surface area contributed by atoms with E-state index in [2.05, 4.69) is 35.3 Å². The summed E-state index contributed by atoms with van der Waals surface area (Å²) >= 11 is 1.70. The maximum atomic E-state index is 9.86. The van der Waals surface area contributed by atoms with E-state index in [9.17, 15) is 5.11 Å². The summed E-state index contributed by atoms with van der Waals surface area (Å²) in [6.45, 7) is 2.08. The molecule has 1 aliphatic rings. The number of hydrogen-bond donors (Lipinski definition) is 1. The topological polar surface area (TPSA) is 59.2 Å². The van der Waals surface area contributed by atoms with Gasteiger partial charge in [0.15, 0.2) is 5.82 Å². The number of benzene rings is 1. The quantitative estimate of drug-likeness (QED) is 0.875. The van der Waals surface area contributed by atoms with Crippen LogP contribution in [0.4, 0.5) is 0 Å². The number of rotatable bonds is 4. The number of nitrogens with zero attached hydrogens (tertiary/aromatic N) is 2. The van der Waals surface area contributed by atoms with Gasteiger partial charge in [0.25, 0.3) is 0 Å². The Bertz CT molecular complexity index is 585. The Labute approximate surface area is 122 Å². The molecular weight excluding hydrogens is 272 g/mol. The van der Waals surface area contributed by atoms with Crippen molar-refractivity contribution in [3.8, 4) is 0 Å². The lowest BCUT2D eigenvalue weighted by molar-refractivity contribution is 0.148. The van der Waals surface area contributed by atoms with Gasteiger partial charge in [-0.2, -0.15) is 4.98 Å². The Balaban J connectivity index is 1.63. The summed E-state index contributed by atoms with van der Waals surface area (Å²) in [5, 5.41) is 13.9. The van der Waals surface area contributed by atoms with Crippen molar-refractivity contribution in [3.63, 3.8) is 0 Å². The zero-order chi connectivity index (χ0) is 13.9. The number of aromatic nitrogens is 2. The minimum absolute atomic E-state index is 0.0280. The third kappa shape index (κ3) is 3.04. The zero-order valence-electron chi connectivity index (χ0n) is 11.5. The molecule has 1 saturated carbocycles. The average Bonchev–Trinajstić information content (AvgIpc) is 3.05. The first-order valence-electron chi connectivity index (χ1n) is 6.92. The molecule has 2 unspecified atom stereocenters. The van der Waals surface area contributed by atoms with Crippen LogP contribution in [0.25, 0.3) is 0 Å². The molecule has 1 aliphatic carbocycles. The molecule has 1 fully saturated rings. The minimum atomic E-state index is -0.326. The van der Waals surface area contributed by atoms with Crippen LogP contribution in [0.1, 0.15) is 42.5 Å². The molecule has 0 aliphatic heterocycles. The molecule has 1 aromatic heterocycles. The molecule has 20 heavy (non-hydrogen) atoms. The summed E-state index contributed by atoms with van der Waals surface area (Å²) < 4.78 is 5.30. The first kappa shape index (κ1) is 13.6. The van der Waals surface area contributed by atoms with E-state index in [1.165, 1.54) is 10.5 Å². The third-order valence-corrected chi connectivity index (χ3v) is 4.63. The van der Waals surface area contributed by atoms with Crippen molar-refractivity contribution in [2.75, 3.05) is 0 Å². The monoisotopic (exact) mass is 290 g/mol. The van der Waals surface area contributed by atoms with Crippen LogP contribution < -0.4 is 0 Å². The molecular formula is C15H18N2O2S. The van der Waals surface area contributed by atoms with Crippen LogP contribution in [0.2, 0.25) is 0 Å². The van der Waals surface area contributed by atoms with E-state index in [1.54, 1.807) is 11.8 Å². The maximum Gasteiger partial charge on any atom is 0.232 e. The van der Waals surface area contributed by atoms with E-state index in [0.29, 0.717) is 17.5 Å². The predicted octanol–water partition coefficient (Wildman–Crippen LogP) is 3.30. The standard InChI is InChI=1S/C15H18N2O2S/c1-10-4-2-5-11(8-10)20-9-14-16-15(19-17-14)12-6-3-7-13(12)18/h2,4-5,8,12-13,18H,3,6-7,9H2,1H3. The van der Waals surface area contributed by atoms with Crippen LogP contribution in [-0.4, -0.2) is 21.4 Å². The number of aryl methyl sites for hydroxylation is 1. The predicted molar refractivity (Wildman–Crippen MR) is 77.6 cm³/mol. The fourth-order valence-corrected chi connectivity index (χ4v) is 3.42. The highest BCUT2D eigenvalue weighted by molar-refractivity contribution is 7.98. The second-order valence-electron chi connectivity index (χ2n) is 5.26. The lowest BCUT2D eigenvalue weighted by Crippen LogP contribution is -2.11. The molecule has 0 bridgehead atoms. The van der Waals surface area contributed by atoms with Gasteiger partial charge in [0.05, 0.1) is 17.8 Å². The number of hydrogen-bond acceptors (Lipinski definition) is 5. The lowest BCUT2D eigenvalue weighted by Gasteiger charge is -2.07. The van der Waals surface area contributed by atoms with E-state index in [0.717, 1.165) is 19.3 Å². The van der Waals surface area contributed by atoms with Gasteiger partial charge < -0.3 is 9.63 Å². The number of aliphatic hydroxyl groups excluding tert-OH is 1. The molecule has 3 rings (SSSR count). The van der Waals surface area contributed by atoms with Crippen LogP contribution in [-0.2, 0) is 5.75 Å². The smallest absolute Gasteiger partial charge is 0.232 e. The Morgan fingerprint density at radius 1 is 1.40 bits per heavy atom. The molecule has 1 heterocycles. The van der Waals surface area contributed by atoms with Crippen LogP contribution in [0, 0.1) is 6.92 Å². The Morgan fingerprint density at radius 3 is 3.05 bits per heavy atom. The highest BCUT2D eigenvalue weighted by atomic mass is 32.2. The lowest BCUT2D eigenvalue weighted by atomic mass is 10.1. The number of aliphatic hydroxyl groups is 1. The van der Waals surface area contributed by atoms with Gasteiger partial charge in [-0.15, -0.1) is 11.8 Å². The van der Waals surface area contributed by atoms with Crippen molar-refractivity contribution in [1.29, 1.82) is 0 Å². The zero-order valence-corrected chi connectivity index (χ0v) is 12.3. The molecule has 106 valence electrons. The van der Waals surface area contributed by atoms with Gasteiger partial charge in [0.2, 0.25) is 5.89 Å². The fourth-order valence-electron chi connectivity index (χ4n) is 2.56. The second-order valence-corrected chi connectivity index (χ2v) is 6.31. The molecule has 0 amide bonds. The van der Waals surface area contributed by atoms with Gasteiger partial charge in [-0.3, -0.25) is 0 Å². The van der Waals surface area contributed by atoms with E-state index < -0.39 is 0 Å². The van der Waals surface area contributed by atoms with Crippen molar-refractivity contribution in [2.45, 2.75) is 48.9 Å². The molecule has 5 heteroatoms. The summed E-state index contributed by atoms with van der Waals surface area (Å²) in [6.07, 6.45) is 2.48. The van der Waals surface area contributed by atoms with Crippen LogP contribution in [0.3, 0.4) is 0 Å². The first-order valence-corrected chi connectivity index (χ1v) is 7.91. The molecule has 1 aromatic carbocycles. The first-order chi connectivity index (χ1) is 9.72. The minimum Gasteiger partial charge on any atom is -0.392 e. The Morgan fingerprint density at radius 2 is 2.30 bits per heavy atom. The van der Waals surface area contributed by atoms with E-state index in [1.807, 2.05) is 6.07 Å². The molecule has 0 spiro atoms. The second kappa shape index (κ2) is 5.97. The summed E-state index contributed by atoms with van der Waals surface area (Å²) in [4.78, 5) is 5.63. The summed E-state index contributed by atoms with van der Waals surface area (Å²) in [5.74, 6) is 2.01. The molecule has 4 nitrogen and oxygen atoms in total. The van der Waals surface area contributed by atoms with E-state index in [4.69, 9.17) is 4.52 Å². The van der Waals surface area contributed by atoms with Gasteiger partial charge in [0, 0.05) is 4.90 Å². The van der Waals surface area contributed by atoms with Crippen molar-refractivity contribution < 1.29 is 9.63 Å². The highest BCUT2D eigenvalue weighted by Crippen LogP contribution is 2.34. The van der Waals surface area contributed by atoms with Gasteiger partial charge in [-0.1, -0.05) is 22.9 Å². The van der Waals surface area contributed by atoms with E-state index >= 15 is 0 Å².